The van der Waals surface area contributed by atoms with Crippen molar-refractivity contribution in [1.82, 2.24) is 0 Å². The van der Waals surface area contributed by atoms with E-state index in [-0.39, 0.29) is 0 Å². The van der Waals surface area contributed by atoms with Crippen LogP contribution in [0.15, 0.2) is 23.8 Å². The van der Waals surface area contributed by atoms with E-state index in [0.717, 1.165) is 0 Å². The van der Waals surface area contributed by atoms with Gasteiger partial charge in [-0.3, -0.25) is 0 Å². The van der Waals surface area contributed by atoms with E-state index in [1.807, 2.05) is 0 Å². The summed E-state index contributed by atoms with van der Waals surface area (Å²) < 4.78 is 0. The molecular formula is C15H23Br. The third-order valence-corrected chi connectivity index (χ3v) is 6.74. The molecule has 0 nitrogen and oxygen atoms in total. The summed E-state index contributed by atoms with van der Waals surface area (Å²) in [6.45, 7) is 11.5. The first-order valence-electron chi connectivity index (χ1n) is 6.38. The van der Waals surface area contributed by atoms with Crippen molar-refractivity contribution >= 4 is 15.9 Å². The second kappa shape index (κ2) is 4.01. The number of rotatable bonds is 0. The maximum atomic E-state index is 4.40. The van der Waals surface area contributed by atoms with Crippen LogP contribution in [0.1, 0.15) is 52.9 Å². The van der Waals surface area contributed by atoms with Gasteiger partial charge in [0.15, 0.2) is 0 Å². The van der Waals surface area contributed by atoms with Crippen molar-refractivity contribution in [1.29, 1.82) is 0 Å². The van der Waals surface area contributed by atoms with Gasteiger partial charge in [0.1, 0.15) is 0 Å². The zero-order chi connectivity index (χ0) is 12.0. The average Bonchev–Trinajstić information content (AvgIpc) is 2.24. The van der Waals surface area contributed by atoms with Crippen molar-refractivity contribution in [2.24, 2.45) is 10.8 Å². The summed E-state index contributed by atoms with van der Waals surface area (Å²) >= 11 is 3.90. The normalized spacial score (nSPS) is 38.6. The largest absolute Gasteiger partial charge is 0.0993 e. The zero-order valence-corrected chi connectivity index (χ0v) is 12.4. The summed E-state index contributed by atoms with van der Waals surface area (Å²) in [6.07, 6.45) is 8.64. The van der Waals surface area contributed by atoms with Gasteiger partial charge in [0.2, 0.25) is 0 Å². The van der Waals surface area contributed by atoms with Crippen molar-refractivity contribution in [3.63, 3.8) is 0 Å². The van der Waals surface area contributed by atoms with Gasteiger partial charge in [-0.15, -0.1) is 0 Å². The van der Waals surface area contributed by atoms with E-state index in [9.17, 15) is 0 Å². The summed E-state index contributed by atoms with van der Waals surface area (Å²) in [5, 5.41) is 0. The van der Waals surface area contributed by atoms with Gasteiger partial charge in [-0.25, -0.2) is 0 Å². The Hall–Kier alpha value is -0.0400. The van der Waals surface area contributed by atoms with E-state index >= 15 is 0 Å². The van der Waals surface area contributed by atoms with Gasteiger partial charge in [-0.1, -0.05) is 53.6 Å². The fraction of sp³-hybridized carbons (Fsp3) is 0.733. The van der Waals surface area contributed by atoms with Crippen LogP contribution in [0.2, 0.25) is 0 Å². The molecule has 0 bridgehead atoms. The van der Waals surface area contributed by atoms with Gasteiger partial charge in [-0.05, 0) is 44.4 Å². The predicted molar refractivity (Wildman–Crippen MR) is 74.9 cm³/mol. The molecule has 90 valence electrons. The van der Waals surface area contributed by atoms with Crippen LogP contribution in [0.3, 0.4) is 0 Å². The lowest BCUT2D eigenvalue weighted by Gasteiger charge is -2.55. The Balaban J connectivity index is 2.39. The minimum absolute atomic E-state index is 0.333. The Morgan fingerprint density at radius 1 is 1.38 bits per heavy atom. The summed E-state index contributed by atoms with van der Waals surface area (Å²) in [5.41, 5.74) is 3.74. The Morgan fingerprint density at radius 2 is 2.06 bits per heavy atom. The number of allylic oxidation sites excluding steroid dienone is 3. The molecule has 0 aromatic heterocycles. The summed E-state index contributed by atoms with van der Waals surface area (Å²) in [7, 11) is 0. The maximum absolute atomic E-state index is 4.40. The molecule has 0 saturated heterocycles. The van der Waals surface area contributed by atoms with Crippen LogP contribution in [0.4, 0.5) is 0 Å². The number of hydrogen-bond acceptors (Lipinski definition) is 0. The first kappa shape index (κ1) is 12.4. The fourth-order valence-corrected chi connectivity index (χ4v) is 4.19. The van der Waals surface area contributed by atoms with E-state index in [2.05, 4.69) is 49.4 Å². The van der Waals surface area contributed by atoms with Crippen LogP contribution in [0.25, 0.3) is 0 Å². The highest BCUT2D eigenvalue weighted by atomic mass is 79.9. The smallest absolute Gasteiger partial charge is 0.0208 e. The maximum Gasteiger partial charge on any atom is 0.0208 e. The second-order valence-electron chi connectivity index (χ2n) is 6.17. The lowest BCUT2D eigenvalue weighted by molar-refractivity contribution is 0.0669. The molecule has 0 aromatic rings. The molecule has 0 aromatic carbocycles. The molecule has 1 heteroatoms. The molecular weight excluding hydrogens is 260 g/mol. The molecule has 16 heavy (non-hydrogen) atoms. The highest BCUT2D eigenvalue weighted by Gasteiger charge is 2.52. The van der Waals surface area contributed by atoms with Crippen molar-refractivity contribution in [3.8, 4) is 0 Å². The monoisotopic (exact) mass is 282 g/mol. The molecule has 0 heterocycles. The Labute approximate surface area is 108 Å². The van der Waals surface area contributed by atoms with Crippen LogP contribution < -0.4 is 0 Å². The van der Waals surface area contributed by atoms with Gasteiger partial charge < -0.3 is 0 Å². The minimum Gasteiger partial charge on any atom is -0.0993 e. The molecule has 0 N–H and O–H groups in total. The van der Waals surface area contributed by atoms with Crippen molar-refractivity contribution in [3.05, 3.63) is 23.8 Å². The predicted octanol–water partition coefficient (Wildman–Crippen LogP) is 5.24. The second-order valence-corrected chi connectivity index (χ2v) is 7.27. The summed E-state index contributed by atoms with van der Waals surface area (Å²) in [4.78, 5) is 0.636. The zero-order valence-electron chi connectivity index (χ0n) is 10.8. The van der Waals surface area contributed by atoms with Gasteiger partial charge in [0.05, 0.1) is 0 Å². The highest BCUT2D eigenvalue weighted by Crippen LogP contribution is 2.61. The lowest BCUT2D eigenvalue weighted by atomic mass is 9.51. The van der Waals surface area contributed by atoms with E-state index in [1.54, 1.807) is 5.57 Å². The van der Waals surface area contributed by atoms with Crippen LogP contribution in [-0.2, 0) is 0 Å². The van der Waals surface area contributed by atoms with Crippen LogP contribution >= 0.6 is 15.9 Å². The number of hydrogen-bond donors (Lipinski definition) is 0. The molecule has 2 atom stereocenters. The minimum atomic E-state index is 0.333. The molecule has 0 aliphatic heterocycles. The van der Waals surface area contributed by atoms with E-state index in [4.69, 9.17) is 0 Å². The molecule has 1 fully saturated rings. The van der Waals surface area contributed by atoms with E-state index in [1.165, 1.54) is 37.7 Å². The molecule has 2 aliphatic carbocycles. The van der Waals surface area contributed by atoms with Crippen LogP contribution in [0, 0.1) is 10.8 Å². The van der Waals surface area contributed by atoms with E-state index in [0.29, 0.717) is 15.7 Å². The third-order valence-electron chi connectivity index (χ3n) is 5.14. The molecule has 1 spiro atoms. The van der Waals surface area contributed by atoms with Crippen molar-refractivity contribution in [2.45, 2.75) is 57.7 Å². The van der Waals surface area contributed by atoms with Gasteiger partial charge in [0.25, 0.3) is 0 Å². The first-order chi connectivity index (χ1) is 7.40. The molecule has 1 saturated carbocycles. The molecule has 0 radical (unpaired) electrons. The molecule has 2 unspecified atom stereocenters. The molecule has 2 aliphatic rings. The van der Waals surface area contributed by atoms with Crippen LogP contribution in [-0.4, -0.2) is 4.83 Å². The highest BCUT2D eigenvalue weighted by molar-refractivity contribution is 9.09. The third kappa shape index (κ3) is 1.63. The fourth-order valence-electron chi connectivity index (χ4n) is 3.53. The number of halogens is 1. The Morgan fingerprint density at radius 3 is 2.62 bits per heavy atom. The van der Waals surface area contributed by atoms with Crippen LogP contribution in [0.5, 0.6) is 0 Å². The van der Waals surface area contributed by atoms with Gasteiger partial charge in [-0.2, -0.15) is 0 Å². The SMILES string of the molecule is C=C1CCC(Br)C(C)(C)C12CC=C(C)CC2. The van der Waals surface area contributed by atoms with Gasteiger partial charge in [0, 0.05) is 10.2 Å². The lowest BCUT2D eigenvalue weighted by Crippen LogP contribution is -2.48. The quantitative estimate of drug-likeness (QED) is 0.421. The van der Waals surface area contributed by atoms with Crippen molar-refractivity contribution in [2.75, 3.05) is 0 Å². The average molecular weight is 283 g/mol. The molecule has 0 amide bonds. The molecule has 2 rings (SSSR count). The van der Waals surface area contributed by atoms with E-state index < -0.39 is 0 Å². The van der Waals surface area contributed by atoms with Gasteiger partial charge >= 0.3 is 0 Å². The Kier molecular flexibility index (Phi) is 3.11. The topological polar surface area (TPSA) is 0 Å². The van der Waals surface area contributed by atoms with Crippen molar-refractivity contribution < 1.29 is 0 Å². The summed E-state index contributed by atoms with van der Waals surface area (Å²) in [6, 6.07) is 0. The Bertz CT molecular complexity index is 337. The number of alkyl halides is 1. The first-order valence-corrected chi connectivity index (χ1v) is 7.30. The standard InChI is InChI=1S/C15H23Br/c1-11-7-9-15(10-8-11)12(2)5-6-13(16)14(15,3)4/h7,13H,2,5-6,8-10H2,1,3-4H3. The summed E-state index contributed by atoms with van der Waals surface area (Å²) in [5.74, 6) is 0.